The Bertz CT molecular complexity index is 120. The lowest BCUT2D eigenvalue weighted by molar-refractivity contribution is 0.243. The van der Waals surface area contributed by atoms with E-state index in [1.54, 1.807) is 0 Å². The molecule has 1 aliphatic rings. The van der Waals surface area contributed by atoms with Gasteiger partial charge >= 0.3 is 6.03 Å². The second-order valence-electron chi connectivity index (χ2n) is 1.31. The van der Waals surface area contributed by atoms with Gasteiger partial charge < -0.3 is 10.6 Å². The molecule has 2 amide bonds. The van der Waals surface area contributed by atoms with Crippen molar-refractivity contribution in [3.8, 4) is 0 Å². The van der Waals surface area contributed by atoms with Crippen LogP contribution in [0.4, 0.5) is 4.79 Å². The average Bonchev–Trinajstić information content (AvgIpc) is 1.64. The molecule has 4 nitrogen and oxygen atoms in total. The first kappa shape index (κ1) is 5.30. The maximum absolute atomic E-state index is 10.3. The Hall–Kier alpha value is -0.840. The number of carbonyl (C=O) groups excluding carboxylic acids is 1. The molecule has 8 heavy (non-hydrogen) atoms. The molecule has 1 heterocycles. The molecule has 0 saturated carbocycles. The Morgan fingerprint density at radius 3 is 2.62 bits per heavy atom. The van der Waals surface area contributed by atoms with E-state index in [4.69, 9.17) is 0 Å². The molecule has 44 valence electrons. The topological polar surface area (TPSA) is 53.2 Å². The molecule has 0 aromatic carbocycles. The average molecular weight is 131 g/mol. The van der Waals surface area contributed by atoms with Crippen LogP contribution in [0, 0.1) is 0 Å². The normalized spacial score (nSPS) is 18.5. The van der Waals surface area contributed by atoms with E-state index in [9.17, 15) is 4.79 Å². The molecule has 0 aromatic rings. The van der Waals surface area contributed by atoms with Gasteiger partial charge in [-0.2, -0.15) is 0 Å². The first-order chi connectivity index (χ1) is 3.79. The van der Waals surface area contributed by atoms with Crippen LogP contribution in [0.2, 0.25) is 0 Å². The molecule has 0 atom stereocenters. The van der Waals surface area contributed by atoms with Gasteiger partial charge in [0.15, 0.2) is 5.11 Å². The molecule has 0 radical (unpaired) electrons. The van der Waals surface area contributed by atoms with Crippen molar-refractivity contribution in [1.82, 2.24) is 16.0 Å². The van der Waals surface area contributed by atoms with Crippen LogP contribution in [0.1, 0.15) is 0 Å². The van der Waals surface area contributed by atoms with Crippen LogP contribution in [0.15, 0.2) is 0 Å². The van der Waals surface area contributed by atoms with E-state index in [1.165, 1.54) is 0 Å². The van der Waals surface area contributed by atoms with Gasteiger partial charge in [-0.3, -0.25) is 5.32 Å². The summed E-state index contributed by atoms with van der Waals surface area (Å²) in [7, 11) is 0. The molecule has 0 aliphatic carbocycles. The van der Waals surface area contributed by atoms with Crippen molar-refractivity contribution < 1.29 is 4.79 Å². The molecule has 0 aromatic heterocycles. The zero-order valence-corrected chi connectivity index (χ0v) is 4.84. The van der Waals surface area contributed by atoms with E-state index < -0.39 is 0 Å². The van der Waals surface area contributed by atoms with E-state index in [1.807, 2.05) is 0 Å². The number of carbonyl (C=O) groups is 1. The lowest BCUT2D eigenvalue weighted by Crippen LogP contribution is -2.54. The van der Waals surface area contributed by atoms with E-state index in [0.29, 0.717) is 11.8 Å². The molecule has 0 unspecified atom stereocenters. The van der Waals surface area contributed by atoms with Crippen LogP contribution >= 0.6 is 12.2 Å². The Labute approximate surface area is 51.6 Å². The minimum Gasteiger partial charge on any atom is -0.345 e. The third-order valence-electron chi connectivity index (χ3n) is 0.725. The number of rotatable bonds is 0. The molecule has 1 rings (SSSR count). The highest BCUT2D eigenvalue weighted by atomic mass is 32.1. The number of nitrogens with one attached hydrogen (secondary N) is 3. The summed E-state index contributed by atoms with van der Waals surface area (Å²) in [6.07, 6.45) is 0. The number of thiocarbonyl (C=S) groups is 1. The van der Waals surface area contributed by atoms with Gasteiger partial charge in [-0.25, -0.2) is 4.79 Å². The third kappa shape index (κ3) is 1.06. The molecule has 1 saturated heterocycles. The maximum atomic E-state index is 10.3. The Balaban J connectivity index is 2.45. The van der Waals surface area contributed by atoms with Crippen molar-refractivity contribution in [1.29, 1.82) is 0 Å². The van der Waals surface area contributed by atoms with Crippen LogP contribution in [0.25, 0.3) is 0 Å². The Kier molecular flexibility index (Phi) is 1.29. The second kappa shape index (κ2) is 1.95. The van der Waals surface area contributed by atoms with Crippen LogP contribution in [0.3, 0.4) is 0 Å². The number of amides is 2. The maximum Gasteiger partial charge on any atom is 0.322 e. The fraction of sp³-hybridized carbons (Fsp3) is 0.333. The van der Waals surface area contributed by atoms with Gasteiger partial charge in [0.25, 0.3) is 0 Å². The monoisotopic (exact) mass is 131 g/mol. The second-order valence-corrected chi connectivity index (χ2v) is 1.72. The molecule has 1 aliphatic heterocycles. The van der Waals surface area contributed by atoms with E-state index >= 15 is 0 Å². The van der Waals surface area contributed by atoms with Gasteiger partial charge in [-0.05, 0) is 12.2 Å². The number of hydrogen-bond acceptors (Lipinski definition) is 2. The van der Waals surface area contributed by atoms with Gasteiger partial charge in [-0.1, -0.05) is 0 Å². The van der Waals surface area contributed by atoms with Crippen molar-refractivity contribution in [2.75, 3.05) is 6.67 Å². The molecular formula is C3H5N3OS. The zero-order chi connectivity index (χ0) is 5.98. The first-order valence-corrected chi connectivity index (χ1v) is 2.52. The lowest BCUT2D eigenvalue weighted by atomic mass is 10.7. The Morgan fingerprint density at radius 2 is 2.25 bits per heavy atom. The first-order valence-electron chi connectivity index (χ1n) is 2.12. The van der Waals surface area contributed by atoms with E-state index in [2.05, 4.69) is 28.2 Å². The van der Waals surface area contributed by atoms with Gasteiger partial charge in [0.05, 0.1) is 6.67 Å². The SMILES string of the molecule is O=C1NCNC(=S)N1. The fourth-order valence-corrected chi connectivity index (χ4v) is 0.561. The van der Waals surface area contributed by atoms with Gasteiger partial charge in [0.1, 0.15) is 0 Å². The minimum absolute atomic E-state index is 0.242. The number of hydrogen-bond donors (Lipinski definition) is 3. The van der Waals surface area contributed by atoms with Crippen LogP contribution in [-0.2, 0) is 0 Å². The summed E-state index contributed by atoms with van der Waals surface area (Å²) < 4.78 is 0. The summed E-state index contributed by atoms with van der Waals surface area (Å²) in [6.45, 7) is 0.421. The van der Waals surface area contributed by atoms with Crippen molar-refractivity contribution in [2.24, 2.45) is 0 Å². The number of urea groups is 1. The highest BCUT2D eigenvalue weighted by Gasteiger charge is 2.06. The predicted molar refractivity (Wildman–Crippen MR) is 32.3 cm³/mol. The zero-order valence-electron chi connectivity index (χ0n) is 4.02. The van der Waals surface area contributed by atoms with Gasteiger partial charge in [0.2, 0.25) is 0 Å². The van der Waals surface area contributed by atoms with E-state index in [-0.39, 0.29) is 6.03 Å². The summed E-state index contributed by atoms with van der Waals surface area (Å²) >= 11 is 4.60. The highest BCUT2D eigenvalue weighted by molar-refractivity contribution is 7.80. The molecule has 5 heteroatoms. The van der Waals surface area contributed by atoms with Crippen LogP contribution in [0.5, 0.6) is 0 Å². The van der Waals surface area contributed by atoms with Crippen molar-refractivity contribution in [3.63, 3.8) is 0 Å². The molecule has 3 N–H and O–H groups in total. The van der Waals surface area contributed by atoms with Crippen molar-refractivity contribution in [2.45, 2.75) is 0 Å². The Morgan fingerprint density at radius 1 is 1.50 bits per heavy atom. The smallest absolute Gasteiger partial charge is 0.322 e. The van der Waals surface area contributed by atoms with Crippen molar-refractivity contribution in [3.05, 3.63) is 0 Å². The highest BCUT2D eigenvalue weighted by Crippen LogP contribution is 1.72. The molecule has 1 fully saturated rings. The van der Waals surface area contributed by atoms with Gasteiger partial charge in [0, 0.05) is 0 Å². The standard InChI is InChI=1S/C3H5N3OS/c7-2-4-1-5-3(8)6-2/h1H2,(H3,4,5,6,7,8). The summed E-state index contributed by atoms with van der Waals surface area (Å²) in [4.78, 5) is 10.3. The summed E-state index contributed by atoms with van der Waals surface area (Å²) in [6, 6.07) is -0.242. The van der Waals surface area contributed by atoms with Crippen molar-refractivity contribution >= 4 is 23.4 Å². The van der Waals surface area contributed by atoms with Crippen LogP contribution < -0.4 is 16.0 Å². The summed E-state index contributed by atoms with van der Waals surface area (Å²) in [5.41, 5.74) is 0. The minimum atomic E-state index is -0.242. The van der Waals surface area contributed by atoms with Crippen LogP contribution in [-0.4, -0.2) is 17.8 Å². The largest absolute Gasteiger partial charge is 0.345 e. The predicted octanol–water partition coefficient (Wildman–Crippen LogP) is -0.869. The lowest BCUT2D eigenvalue weighted by Gasteiger charge is -2.15. The quantitative estimate of drug-likeness (QED) is 0.375. The molecule has 0 spiro atoms. The molecular weight excluding hydrogens is 126 g/mol. The summed E-state index contributed by atoms with van der Waals surface area (Å²) in [5.74, 6) is 0. The van der Waals surface area contributed by atoms with E-state index in [0.717, 1.165) is 0 Å². The van der Waals surface area contributed by atoms with Gasteiger partial charge in [-0.15, -0.1) is 0 Å². The third-order valence-corrected chi connectivity index (χ3v) is 0.971. The summed E-state index contributed by atoms with van der Waals surface area (Å²) in [5, 5.41) is 7.90. The fourth-order valence-electron chi connectivity index (χ4n) is 0.396. The molecule has 0 bridgehead atoms.